The number of hydrogen-bond acceptors (Lipinski definition) is 5. The van der Waals surface area contributed by atoms with Crippen molar-refractivity contribution in [3.8, 4) is 0 Å². The van der Waals surface area contributed by atoms with Gasteiger partial charge in [0.15, 0.2) is 5.70 Å². The molecule has 0 unspecified atom stereocenters. The van der Waals surface area contributed by atoms with Crippen LogP contribution in [0, 0.1) is 10.1 Å². The summed E-state index contributed by atoms with van der Waals surface area (Å²) in [5.41, 5.74) is 5.39. The lowest BCUT2D eigenvalue weighted by molar-refractivity contribution is -0.421. The van der Waals surface area contributed by atoms with Gasteiger partial charge in [-0.3, -0.25) is 20.5 Å². The molecule has 1 saturated heterocycles. The van der Waals surface area contributed by atoms with E-state index in [2.05, 4.69) is 10.7 Å². The van der Waals surface area contributed by atoms with Crippen LogP contribution >= 0.6 is 0 Å². The summed E-state index contributed by atoms with van der Waals surface area (Å²) in [6, 6.07) is 0. The molecule has 0 spiro atoms. The lowest BCUT2D eigenvalue weighted by atomic mass is 10.2. The number of allylic oxidation sites excluding steroid dienone is 4. The molecule has 0 aromatic heterocycles. The summed E-state index contributed by atoms with van der Waals surface area (Å²) in [5, 5.41) is 16.1. The van der Waals surface area contributed by atoms with Crippen LogP contribution in [0.3, 0.4) is 0 Å². The highest BCUT2D eigenvalue weighted by atomic mass is 16.6. The van der Waals surface area contributed by atoms with Gasteiger partial charge in [0, 0.05) is 12.7 Å². The minimum atomic E-state index is -0.302. The van der Waals surface area contributed by atoms with Crippen molar-refractivity contribution < 1.29 is 4.92 Å². The number of nitrogens with one attached hydrogen (secondary N) is 2. The third-order valence-electron chi connectivity index (χ3n) is 3.04. The molecule has 3 rings (SSSR count). The molecule has 0 amide bonds. The molecule has 0 bridgehead atoms. The van der Waals surface area contributed by atoms with Gasteiger partial charge in [0.05, 0.1) is 10.6 Å². The van der Waals surface area contributed by atoms with Crippen LogP contribution in [0.4, 0.5) is 0 Å². The maximum Gasteiger partial charge on any atom is 0.317 e. The van der Waals surface area contributed by atoms with Crippen molar-refractivity contribution in [3.63, 3.8) is 0 Å². The molecule has 17 heavy (non-hydrogen) atoms. The van der Waals surface area contributed by atoms with Gasteiger partial charge in [-0.25, -0.2) is 0 Å². The molecule has 2 N–H and O–H groups in total. The fraction of sp³-hybridized carbons (Fsp3) is 0.273. The first-order chi connectivity index (χ1) is 8.27. The molecule has 3 heterocycles. The summed E-state index contributed by atoms with van der Waals surface area (Å²) in [7, 11) is 0. The van der Waals surface area contributed by atoms with Gasteiger partial charge in [0.25, 0.3) is 0 Å². The van der Waals surface area contributed by atoms with Crippen molar-refractivity contribution in [1.82, 2.24) is 15.8 Å². The van der Waals surface area contributed by atoms with Crippen molar-refractivity contribution in [3.05, 3.63) is 57.3 Å². The summed E-state index contributed by atoms with van der Waals surface area (Å²) >= 11 is 0. The van der Waals surface area contributed by atoms with E-state index in [1.54, 1.807) is 6.20 Å². The average molecular weight is 232 g/mol. The van der Waals surface area contributed by atoms with Gasteiger partial charge in [0.2, 0.25) is 0 Å². The zero-order valence-corrected chi connectivity index (χ0v) is 9.14. The second-order valence-electron chi connectivity index (χ2n) is 4.07. The van der Waals surface area contributed by atoms with Crippen molar-refractivity contribution in [2.75, 3.05) is 6.54 Å². The van der Waals surface area contributed by atoms with Crippen LogP contribution in [0.1, 0.15) is 12.8 Å². The van der Waals surface area contributed by atoms with E-state index in [4.69, 9.17) is 0 Å². The van der Waals surface area contributed by atoms with Crippen LogP contribution in [0.5, 0.6) is 0 Å². The normalized spacial score (nSPS) is 26.0. The Kier molecular flexibility index (Phi) is 2.14. The summed E-state index contributed by atoms with van der Waals surface area (Å²) in [4.78, 5) is 10.9. The first-order valence-corrected chi connectivity index (χ1v) is 5.53. The predicted molar refractivity (Wildman–Crippen MR) is 61.5 cm³/mol. The Bertz CT molecular complexity index is 502. The van der Waals surface area contributed by atoms with Crippen molar-refractivity contribution in [2.24, 2.45) is 0 Å². The maximum atomic E-state index is 11.2. The van der Waals surface area contributed by atoms with E-state index >= 15 is 0 Å². The number of hydrogen-bond donors (Lipinski definition) is 2. The molecule has 3 aliphatic heterocycles. The molecule has 0 saturated carbocycles. The molecule has 6 nitrogen and oxygen atoms in total. The summed E-state index contributed by atoms with van der Waals surface area (Å²) in [6.45, 7) is 0.822. The number of nitro groups is 1. The maximum absolute atomic E-state index is 11.2. The third-order valence-corrected chi connectivity index (χ3v) is 3.04. The van der Waals surface area contributed by atoms with Gasteiger partial charge in [-0.05, 0) is 25.0 Å². The van der Waals surface area contributed by atoms with Crippen LogP contribution in [0.25, 0.3) is 0 Å². The number of rotatable bonds is 1. The SMILES string of the molecule is O=[N+]([O-])C1=C2CCCN2N/C1=C1\C=CC=CN1. The fourth-order valence-electron chi connectivity index (χ4n) is 2.31. The molecule has 1 fully saturated rings. The quantitative estimate of drug-likeness (QED) is 0.521. The van der Waals surface area contributed by atoms with Crippen LogP contribution < -0.4 is 10.7 Å². The van der Waals surface area contributed by atoms with Gasteiger partial charge in [-0.2, -0.15) is 0 Å². The van der Waals surface area contributed by atoms with E-state index in [0.717, 1.165) is 30.8 Å². The third kappa shape index (κ3) is 1.49. The molecule has 0 radical (unpaired) electrons. The molecule has 0 aromatic rings. The second-order valence-corrected chi connectivity index (χ2v) is 4.07. The van der Waals surface area contributed by atoms with E-state index in [9.17, 15) is 10.1 Å². The van der Waals surface area contributed by atoms with Crippen LogP contribution in [-0.2, 0) is 0 Å². The topological polar surface area (TPSA) is 70.4 Å². The van der Waals surface area contributed by atoms with E-state index < -0.39 is 0 Å². The van der Waals surface area contributed by atoms with E-state index in [0.29, 0.717) is 5.70 Å². The van der Waals surface area contributed by atoms with Gasteiger partial charge in [-0.1, -0.05) is 6.08 Å². The van der Waals surface area contributed by atoms with Gasteiger partial charge < -0.3 is 5.32 Å². The molecule has 0 atom stereocenters. The largest absolute Gasteiger partial charge is 0.360 e. The number of hydrazine groups is 1. The van der Waals surface area contributed by atoms with Crippen molar-refractivity contribution in [2.45, 2.75) is 12.8 Å². The summed E-state index contributed by atoms with van der Waals surface area (Å²) in [6.07, 6.45) is 9.01. The Morgan fingerprint density at radius 1 is 1.41 bits per heavy atom. The minimum absolute atomic E-state index is 0.199. The molecular weight excluding hydrogens is 220 g/mol. The van der Waals surface area contributed by atoms with Crippen LogP contribution in [0.2, 0.25) is 0 Å². The fourth-order valence-corrected chi connectivity index (χ4v) is 2.31. The highest BCUT2D eigenvalue weighted by molar-refractivity contribution is 5.43. The van der Waals surface area contributed by atoms with E-state index in [-0.39, 0.29) is 10.6 Å². The van der Waals surface area contributed by atoms with Gasteiger partial charge >= 0.3 is 5.70 Å². The Labute approximate surface area is 98.1 Å². The minimum Gasteiger partial charge on any atom is -0.360 e. The first-order valence-electron chi connectivity index (χ1n) is 5.53. The Morgan fingerprint density at radius 2 is 2.29 bits per heavy atom. The van der Waals surface area contributed by atoms with E-state index in [1.165, 1.54) is 0 Å². The van der Waals surface area contributed by atoms with Crippen LogP contribution in [0.15, 0.2) is 47.2 Å². The highest BCUT2D eigenvalue weighted by Gasteiger charge is 2.39. The number of fused-ring (bicyclic) bond motifs is 1. The molecule has 0 aliphatic carbocycles. The molecular formula is C11H12N4O2. The Balaban J connectivity index is 2.08. The number of dihydropyridines is 1. The zero-order chi connectivity index (χ0) is 11.8. The molecule has 6 heteroatoms. The van der Waals surface area contributed by atoms with Gasteiger partial charge in [-0.15, -0.1) is 0 Å². The van der Waals surface area contributed by atoms with Crippen molar-refractivity contribution >= 4 is 0 Å². The highest BCUT2D eigenvalue weighted by Crippen LogP contribution is 2.33. The summed E-state index contributed by atoms with van der Waals surface area (Å²) < 4.78 is 0. The van der Waals surface area contributed by atoms with Gasteiger partial charge in [0.1, 0.15) is 5.70 Å². The second kappa shape index (κ2) is 3.65. The monoisotopic (exact) mass is 232 g/mol. The Hall–Kier alpha value is -2.24. The van der Waals surface area contributed by atoms with E-state index in [1.807, 2.05) is 23.2 Å². The molecule has 88 valence electrons. The standard InChI is InChI=1S/C11H12N4O2/c16-15(17)11-9-5-3-7-14(9)13-10(11)8-4-1-2-6-12-8/h1-2,4,6,12-13H,3,5,7H2/b10-8+. The average Bonchev–Trinajstić information content (AvgIpc) is 2.88. The Morgan fingerprint density at radius 3 is 3.00 bits per heavy atom. The lowest BCUT2D eigenvalue weighted by Crippen LogP contribution is -2.29. The summed E-state index contributed by atoms with van der Waals surface area (Å²) in [5.74, 6) is 0. The first kappa shape index (κ1) is 9.95. The number of nitrogens with zero attached hydrogens (tertiary/aromatic N) is 2. The van der Waals surface area contributed by atoms with Crippen molar-refractivity contribution in [1.29, 1.82) is 0 Å². The molecule has 3 aliphatic rings. The van der Waals surface area contributed by atoms with Crippen LogP contribution in [-0.4, -0.2) is 16.5 Å². The zero-order valence-electron chi connectivity index (χ0n) is 9.14. The predicted octanol–water partition coefficient (Wildman–Crippen LogP) is 0.973. The smallest absolute Gasteiger partial charge is 0.317 e. The lowest BCUT2D eigenvalue weighted by Gasteiger charge is -2.15. The molecule has 0 aromatic carbocycles.